The van der Waals surface area contributed by atoms with Gasteiger partial charge in [0, 0.05) is 0 Å². The van der Waals surface area contributed by atoms with E-state index in [1.54, 1.807) is 0 Å². The van der Waals surface area contributed by atoms with Crippen LogP contribution >= 0.6 is 15.9 Å². The number of benzene rings is 1. The highest BCUT2D eigenvalue weighted by atomic mass is 79.9. The lowest BCUT2D eigenvalue weighted by atomic mass is 10.2. The molecule has 0 bridgehead atoms. The molecule has 110 valence electrons. The van der Waals surface area contributed by atoms with Crippen LogP contribution in [0.2, 0.25) is 0 Å². The van der Waals surface area contributed by atoms with E-state index in [-0.39, 0.29) is 17.7 Å². The van der Waals surface area contributed by atoms with E-state index in [0.29, 0.717) is 15.8 Å². The Morgan fingerprint density at radius 3 is 2.76 bits per heavy atom. The van der Waals surface area contributed by atoms with Gasteiger partial charge in [-0.2, -0.15) is 13.2 Å². The molecule has 2 heterocycles. The van der Waals surface area contributed by atoms with E-state index >= 15 is 0 Å². The highest BCUT2D eigenvalue weighted by Crippen LogP contribution is 2.33. The van der Waals surface area contributed by atoms with Crippen LogP contribution in [0.4, 0.5) is 13.2 Å². The molecule has 3 rings (SSSR count). The number of halogens is 4. The van der Waals surface area contributed by atoms with Crippen molar-refractivity contribution in [3.8, 4) is 0 Å². The molecular formula is C12H7BrF3N3O2. The third kappa shape index (κ3) is 2.27. The Morgan fingerprint density at radius 2 is 2.14 bits per heavy atom. The molecule has 0 saturated carbocycles. The summed E-state index contributed by atoms with van der Waals surface area (Å²) >= 11 is 3.20. The number of imidazole rings is 2. The molecule has 0 saturated heterocycles. The number of hydrogen-bond donors (Lipinski definition) is 2. The van der Waals surface area contributed by atoms with Crippen LogP contribution in [0.3, 0.4) is 0 Å². The summed E-state index contributed by atoms with van der Waals surface area (Å²) < 4.78 is 40.1. The van der Waals surface area contributed by atoms with Crippen LogP contribution < -0.4 is 0 Å². The second-order valence-electron chi connectivity index (χ2n) is 4.44. The zero-order valence-corrected chi connectivity index (χ0v) is 11.8. The normalized spacial score (nSPS) is 12.4. The van der Waals surface area contributed by atoms with Gasteiger partial charge in [0.2, 0.25) is 5.78 Å². The Morgan fingerprint density at radius 1 is 1.43 bits per heavy atom. The van der Waals surface area contributed by atoms with Gasteiger partial charge in [-0.15, -0.1) is 0 Å². The van der Waals surface area contributed by atoms with Gasteiger partial charge in [-0.05, 0) is 34.1 Å². The van der Waals surface area contributed by atoms with E-state index in [1.807, 2.05) is 0 Å². The minimum absolute atomic E-state index is 0.250. The Hall–Kier alpha value is -2.03. The van der Waals surface area contributed by atoms with Crippen molar-refractivity contribution < 1.29 is 23.1 Å². The van der Waals surface area contributed by atoms with Crippen LogP contribution in [0.15, 0.2) is 22.8 Å². The van der Waals surface area contributed by atoms with Crippen LogP contribution in [-0.4, -0.2) is 25.4 Å². The summed E-state index contributed by atoms with van der Waals surface area (Å²) in [5.41, 5.74) is 0.186. The van der Waals surface area contributed by atoms with Crippen LogP contribution in [0.25, 0.3) is 16.8 Å². The number of carboxylic acid groups (broad SMARTS) is 1. The van der Waals surface area contributed by atoms with Crippen molar-refractivity contribution in [2.45, 2.75) is 12.6 Å². The number of fused-ring (bicyclic) bond motifs is 3. The van der Waals surface area contributed by atoms with Crippen molar-refractivity contribution in [1.82, 2.24) is 14.4 Å². The molecule has 0 aliphatic heterocycles. The molecule has 0 unspecified atom stereocenters. The molecule has 2 N–H and O–H groups in total. The van der Waals surface area contributed by atoms with Gasteiger partial charge in [0.15, 0.2) is 0 Å². The number of carboxylic acids is 1. The number of hydrogen-bond acceptors (Lipinski definition) is 2. The van der Waals surface area contributed by atoms with Gasteiger partial charge in [-0.3, -0.25) is 9.20 Å². The molecule has 0 atom stereocenters. The number of carbonyl (C=O) groups is 1. The molecule has 1 aromatic carbocycles. The summed E-state index contributed by atoms with van der Waals surface area (Å²) in [5.74, 6) is -0.770. The minimum Gasteiger partial charge on any atom is -0.481 e. The lowest BCUT2D eigenvalue weighted by Gasteiger charge is -2.06. The summed E-state index contributed by atoms with van der Waals surface area (Å²) in [6.07, 6.45) is -4.74. The quantitative estimate of drug-likeness (QED) is 0.736. The van der Waals surface area contributed by atoms with Gasteiger partial charge >= 0.3 is 12.1 Å². The van der Waals surface area contributed by atoms with Crippen molar-refractivity contribution >= 4 is 38.7 Å². The first-order chi connectivity index (χ1) is 9.77. The molecule has 2 aromatic heterocycles. The number of alkyl halides is 3. The van der Waals surface area contributed by atoms with E-state index < -0.39 is 17.7 Å². The second-order valence-corrected chi connectivity index (χ2v) is 5.19. The minimum atomic E-state index is -4.45. The highest BCUT2D eigenvalue weighted by Gasteiger charge is 2.31. The first kappa shape index (κ1) is 13.9. The summed E-state index contributed by atoms with van der Waals surface area (Å²) in [4.78, 5) is 17.7. The van der Waals surface area contributed by atoms with Crippen molar-refractivity contribution in [2.24, 2.45) is 0 Å². The van der Waals surface area contributed by atoms with E-state index in [2.05, 4.69) is 25.9 Å². The fourth-order valence-corrected chi connectivity index (χ4v) is 2.72. The van der Waals surface area contributed by atoms with Crippen LogP contribution in [0, 0.1) is 0 Å². The van der Waals surface area contributed by atoms with E-state index in [1.165, 1.54) is 10.5 Å². The van der Waals surface area contributed by atoms with Crippen LogP contribution in [0.5, 0.6) is 0 Å². The Labute approximate surface area is 123 Å². The summed E-state index contributed by atoms with van der Waals surface area (Å²) in [5, 5.41) is 8.80. The van der Waals surface area contributed by atoms with Gasteiger partial charge in [-0.25, -0.2) is 4.98 Å². The van der Waals surface area contributed by atoms with E-state index in [9.17, 15) is 18.0 Å². The first-order valence-electron chi connectivity index (χ1n) is 5.75. The van der Waals surface area contributed by atoms with Crippen molar-refractivity contribution in [1.29, 1.82) is 0 Å². The van der Waals surface area contributed by atoms with Crippen molar-refractivity contribution in [3.63, 3.8) is 0 Å². The zero-order valence-electron chi connectivity index (χ0n) is 10.2. The maximum atomic E-state index is 12.8. The first-order valence-corrected chi connectivity index (χ1v) is 6.54. The van der Waals surface area contributed by atoms with Crippen LogP contribution in [0.1, 0.15) is 11.3 Å². The number of aliphatic carboxylic acids is 1. The van der Waals surface area contributed by atoms with Crippen LogP contribution in [-0.2, 0) is 17.4 Å². The second kappa shape index (κ2) is 4.48. The molecule has 0 fully saturated rings. The average Bonchev–Trinajstić information content (AvgIpc) is 2.85. The molecule has 21 heavy (non-hydrogen) atoms. The molecule has 0 radical (unpaired) electrons. The van der Waals surface area contributed by atoms with Crippen molar-refractivity contribution in [2.75, 3.05) is 0 Å². The standard InChI is InChI=1S/C12H7BrF3N3O2/c13-10-7(4-9(20)21)18-11-17-6-2-1-5(12(14,15)16)3-8(6)19(10)11/h1-3H,4H2,(H,17,18)(H,20,21). The summed E-state index contributed by atoms with van der Waals surface area (Å²) in [6.45, 7) is 0. The SMILES string of the molecule is O=C(O)Cc1[nH]c2nc3ccc(C(F)(F)F)cc3n2c1Br. The number of nitrogens with one attached hydrogen (secondary N) is 1. The predicted molar refractivity (Wildman–Crippen MR) is 71.1 cm³/mol. The number of H-pyrrole nitrogens is 1. The molecule has 0 aliphatic rings. The number of rotatable bonds is 2. The van der Waals surface area contributed by atoms with Crippen molar-refractivity contribution in [3.05, 3.63) is 34.1 Å². The summed E-state index contributed by atoms with van der Waals surface area (Å²) in [6, 6.07) is 3.22. The summed E-state index contributed by atoms with van der Waals surface area (Å²) in [7, 11) is 0. The molecule has 9 heteroatoms. The fraction of sp³-hybridized carbons (Fsp3) is 0.167. The Kier molecular flexibility index (Phi) is 2.97. The predicted octanol–water partition coefficient (Wildman–Crippen LogP) is 3.22. The molecule has 5 nitrogen and oxygen atoms in total. The van der Waals surface area contributed by atoms with Gasteiger partial charge in [0.25, 0.3) is 0 Å². The number of aromatic amines is 1. The topological polar surface area (TPSA) is 70.4 Å². The molecule has 0 spiro atoms. The number of aromatic nitrogens is 3. The van der Waals surface area contributed by atoms with Gasteiger partial charge < -0.3 is 10.1 Å². The van der Waals surface area contributed by atoms with Gasteiger partial charge in [-0.1, -0.05) is 0 Å². The monoisotopic (exact) mass is 361 g/mol. The smallest absolute Gasteiger partial charge is 0.416 e. The largest absolute Gasteiger partial charge is 0.481 e. The molecule has 3 aromatic rings. The Balaban J connectivity index is 2.26. The fourth-order valence-electron chi connectivity index (χ4n) is 2.12. The third-order valence-corrected chi connectivity index (χ3v) is 3.85. The molecular weight excluding hydrogens is 355 g/mol. The molecule has 0 amide bonds. The molecule has 0 aliphatic carbocycles. The van der Waals surface area contributed by atoms with Gasteiger partial charge in [0.1, 0.15) is 4.60 Å². The maximum Gasteiger partial charge on any atom is 0.416 e. The lowest BCUT2D eigenvalue weighted by Crippen LogP contribution is -2.04. The zero-order chi connectivity index (χ0) is 15.4. The van der Waals surface area contributed by atoms with E-state index in [0.717, 1.165) is 12.1 Å². The third-order valence-electron chi connectivity index (χ3n) is 3.02. The Bertz CT molecular complexity index is 866. The average molecular weight is 362 g/mol. The maximum absolute atomic E-state index is 12.8. The van der Waals surface area contributed by atoms with E-state index in [4.69, 9.17) is 5.11 Å². The number of nitrogens with zero attached hydrogens (tertiary/aromatic N) is 2. The highest BCUT2D eigenvalue weighted by molar-refractivity contribution is 9.10. The van der Waals surface area contributed by atoms with Gasteiger partial charge in [0.05, 0.1) is 28.7 Å². The lowest BCUT2D eigenvalue weighted by molar-refractivity contribution is -0.138.